The Kier molecular flexibility index (Phi) is 7.73. The van der Waals surface area contributed by atoms with Crippen LogP contribution in [0.2, 0.25) is 0 Å². The number of carbonyl (C=O) groups is 1. The number of carbonyl (C=O) groups excluding carboxylic acids is 1. The van der Waals surface area contributed by atoms with Crippen molar-refractivity contribution in [3.63, 3.8) is 0 Å². The molecule has 2 fully saturated rings. The molecule has 1 atom stereocenters. The second-order valence-corrected chi connectivity index (χ2v) is 14.8. The predicted octanol–water partition coefficient (Wildman–Crippen LogP) is 2.68. The standard InChI is InChI=1S/C33H38N8O5S/c1-22(2)32(43)38-12-10-37(11-13-38)29-16-27(20-39-30(17-35-31(29)39)28-15-24-14-25(42)19-40(24)36-28)47(44,45)41(33(21-34)8-9-33)18-23-4-6-26(46-3)7-5-23/h4-7,15-17,20,22,25,42H,8-14,18-19H2,1-3H3. The van der Waals surface area contributed by atoms with Crippen LogP contribution >= 0.6 is 0 Å². The van der Waals surface area contributed by atoms with Crippen molar-refractivity contribution < 1.29 is 23.1 Å². The van der Waals surface area contributed by atoms with Crippen LogP contribution in [0.3, 0.4) is 0 Å². The van der Waals surface area contributed by atoms with E-state index in [1.165, 1.54) is 4.31 Å². The molecule has 7 rings (SSSR count). The minimum Gasteiger partial charge on any atom is -0.497 e. The lowest BCUT2D eigenvalue weighted by Crippen LogP contribution is -2.50. The van der Waals surface area contributed by atoms with Crippen LogP contribution in [0.1, 0.15) is 37.9 Å². The van der Waals surface area contributed by atoms with Crippen LogP contribution in [-0.2, 0) is 34.3 Å². The van der Waals surface area contributed by atoms with E-state index < -0.39 is 21.7 Å². The topological polar surface area (TPSA) is 149 Å². The molecule has 2 aliphatic heterocycles. The molecule has 1 saturated heterocycles. The van der Waals surface area contributed by atoms with Gasteiger partial charge in [0, 0.05) is 57.0 Å². The zero-order valence-electron chi connectivity index (χ0n) is 26.7. The number of ether oxygens (including phenoxy) is 1. The number of hydrogen-bond donors (Lipinski definition) is 1. The number of anilines is 1. The molecule has 5 heterocycles. The Balaban J connectivity index is 1.32. The van der Waals surface area contributed by atoms with Gasteiger partial charge in [-0.2, -0.15) is 14.7 Å². The Morgan fingerprint density at radius 1 is 1.17 bits per heavy atom. The average molecular weight is 659 g/mol. The van der Waals surface area contributed by atoms with Gasteiger partial charge >= 0.3 is 0 Å². The first-order chi connectivity index (χ1) is 22.5. The molecular weight excluding hydrogens is 620 g/mol. The summed E-state index contributed by atoms with van der Waals surface area (Å²) in [6.07, 6.45) is 4.16. The third kappa shape index (κ3) is 5.52. The summed E-state index contributed by atoms with van der Waals surface area (Å²) in [5.41, 5.74) is 2.93. The van der Waals surface area contributed by atoms with Crippen molar-refractivity contribution >= 4 is 27.3 Å². The summed E-state index contributed by atoms with van der Waals surface area (Å²) < 4.78 is 39.6. The van der Waals surface area contributed by atoms with Gasteiger partial charge in [-0.15, -0.1) is 0 Å². The maximum absolute atomic E-state index is 14.7. The van der Waals surface area contributed by atoms with Crippen molar-refractivity contribution in [2.75, 3.05) is 38.2 Å². The molecule has 14 heteroatoms. The maximum Gasteiger partial charge on any atom is 0.246 e. The zero-order chi connectivity index (χ0) is 33.1. The van der Waals surface area contributed by atoms with E-state index in [-0.39, 0.29) is 23.3 Å². The molecule has 3 aromatic heterocycles. The van der Waals surface area contributed by atoms with E-state index >= 15 is 0 Å². The minimum absolute atomic E-state index is 0.0239. The number of nitrogens with zero attached hydrogens (tertiary/aromatic N) is 8. The van der Waals surface area contributed by atoms with Crippen LogP contribution < -0.4 is 9.64 Å². The quantitative estimate of drug-likeness (QED) is 0.287. The molecule has 47 heavy (non-hydrogen) atoms. The number of aliphatic hydroxyl groups excluding tert-OH is 1. The number of piperazine rings is 1. The number of sulfonamides is 1. The molecule has 1 amide bonds. The van der Waals surface area contributed by atoms with E-state index in [0.29, 0.717) is 80.5 Å². The van der Waals surface area contributed by atoms with Crippen molar-refractivity contribution in [1.29, 1.82) is 5.26 Å². The summed E-state index contributed by atoms with van der Waals surface area (Å²) in [5, 5.41) is 25.0. The average Bonchev–Trinajstić information content (AvgIpc) is 3.38. The smallest absolute Gasteiger partial charge is 0.246 e. The lowest BCUT2D eigenvalue weighted by molar-refractivity contribution is -0.134. The number of imidazole rings is 1. The summed E-state index contributed by atoms with van der Waals surface area (Å²) in [7, 11) is -2.64. The van der Waals surface area contributed by atoms with Crippen molar-refractivity contribution in [3.05, 3.63) is 60.0 Å². The van der Waals surface area contributed by atoms with E-state index in [1.807, 2.05) is 36.9 Å². The van der Waals surface area contributed by atoms with Gasteiger partial charge in [0.2, 0.25) is 15.9 Å². The molecule has 1 aromatic carbocycles. The third-order valence-corrected chi connectivity index (χ3v) is 11.3. The highest BCUT2D eigenvalue weighted by atomic mass is 32.2. The van der Waals surface area contributed by atoms with E-state index in [4.69, 9.17) is 14.8 Å². The minimum atomic E-state index is -4.21. The van der Waals surface area contributed by atoms with Crippen LogP contribution in [0.4, 0.5) is 5.69 Å². The van der Waals surface area contributed by atoms with Gasteiger partial charge in [0.05, 0.1) is 43.4 Å². The molecule has 1 unspecified atom stereocenters. The fourth-order valence-corrected chi connectivity index (χ4v) is 8.33. The van der Waals surface area contributed by atoms with Gasteiger partial charge in [-0.3, -0.25) is 13.9 Å². The Morgan fingerprint density at radius 3 is 2.51 bits per heavy atom. The number of aromatic nitrogens is 4. The molecule has 1 saturated carbocycles. The molecule has 1 N–H and O–H groups in total. The SMILES string of the molecule is COc1ccc(CN(C2(C#N)CC2)S(=O)(=O)c2cc(N3CCN(C(=O)C(C)C)CC3)c3ncc(-c4cc5n(n4)CC(O)C5)n3c2)cc1. The van der Waals surface area contributed by atoms with E-state index in [0.717, 1.165) is 11.3 Å². The molecule has 0 radical (unpaired) electrons. The summed E-state index contributed by atoms with van der Waals surface area (Å²) in [6, 6.07) is 13.0. The van der Waals surface area contributed by atoms with Crippen molar-refractivity contribution in [1.82, 2.24) is 28.4 Å². The number of hydrogen-bond acceptors (Lipinski definition) is 9. The Morgan fingerprint density at radius 2 is 1.89 bits per heavy atom. The zero-order valence-corrected chi connectivity index (χ0v) is 27.5. The monoisotopic (exact) mass is 658 g/mol. The lowest BCUT2D eigenvalue weighted by atomic mass is 10.1. The molecule has 0 spiro atoms. The first-order valence-corrected chi connectivity index (χ1v) is 17.3. The second kappa shape index (κ2) is 11.7. The molecular formula is C33H38N8O5S. The number of methoxy groups -OCH3 is 1. The van der Waals surface area contributed by atoms with Gasteiger partial charge in [0.15, 0.2) is 5.65 Å². The van der Waals surface area contributed by atoms with Crippen molar-refractivity contribution in [2.24, 2.45) is 5.92 Å². The molecule has 13 nitrogen and oxygen atoms in total. The van der Waals surface area contributed by atoms with Crippen LogP contribution in [0, 0.1) is 17.2 Å². The highest BCUT2D eigenvalue weighted by Crippen LogP contribution is 2.45. The first kappa shape index (κ1) is 31.2. The lowest BCUT2D eigenvalue weighted by Gasteiger charge is -2.37. The number of pyridine rings is 1. The Hall–Kier alpha value is -4.45. The third-order valence-electron chi connectivity index (χ3n) is 9.42. The summed E-state index contributed by atoms with van der Waals surface area (Å²) in [6.45, 7) is 6.22. The van der Waals surface area contributed by atoms with Crippen molar-refractivity contribution in [3.8, 4) is 23.2 Å². The van der Waals surface area contributed by atoms with E-state index in [2.05, 4.69) is 11.0 Å². The summed E-state index contributed by atoms with van der Waals surface area (Å²) in [4.78, 5) is 21.4. The van der Waals surface area contributed by atoms with Crippen LogP contribution in [0.15, 0.2) is 53.7 Å². The summed E-state index contributed by atoms with van der Waals surface area (Å²) >= 11 is 0. The van der Waals surface area contributed by atoms with Crippen molar-refractivity contribution in [2.45, 2.75) is 62.7 Å². The van der Waals surface area contributed by atoms with E-state index in [1.54, 1.807) is 46.8 Å². The normalized spacial score (nSPS) is 19.0. The number of rotatable bonds is 9. The predicted molar refractivity (Wildman–Crippen MR) is 173 cm³/mol. The molecule has 1 aliphatic carbocycles. The van der Waals surface area contributed by atoms with Crippen LogP contribution in [0.25, 0.3) is 17.0 Å². The van der Waals surface area contributed by atoms with Crippen LogP contribution in [-0.4, -0.2) is 92.7 Å². The first-order valence-electron chi connectivity index (χ1n) is 15.9. The van der Waals surface area contributed by atoms with E-state index in [9.17, 15) is 23.6 Å². The van der Waals surface area contributed by atoms with Crippen LogP contribution in [0.5, 0.6) is 5.75 Å². The fourth-order valence-electron chi connectivity index (χ4n) is 6.58. The Labute approximate surface area is 273 Å². The highest BCUT2D eigenvalue weighted by molar-refractivity contribution is 7.89. The highest BCUT2D eigenvalue weighted by Gasteiger charge is 2.54. The van der Waals surface area contributed by atoms with Gasteiger partial charge < -0.3 is 19.6 Å². The van der Waals surface area contributed by atoms with Gasteiger partial charge in [-0.1, -0.05) is 26.0 Å². The number of amides is 1. The van der Waals surface area contributed by atoms with Gasteiger partial charge in [-0.25, -0.2) is 13.4 Å². The number of fused-ring (bicyclic) bond motifs is 2. The second-order valence-electron chi connectivity index (χ2n) is 12.9. The molecule has 246 valence electrons. The number of nitriles is 1. The summed E-state index contributed by atoms with van der Waals surface area (Å²) in [5.74, 6) is 0.635. The molecule has 4 aromatic rings. The van der Waals surface area contributed by atoms with Gasteiger partial charge in [-0.05, 0) is 42.7 Å². The molecule has 3 aliphatic rings. The Bertz CT molecular complexity index is 1960. The number of benzene rings is 1. The fraction of sp³-hybridized carbons (Fsp3) is 0.455. The maximum atomic E-state index is 14.7. The number of aliphatic hydroxyl groups is 1. The van der Waals surface area contributed by atoms with Gasteiger partial charge in [0.1, 0.15) is 21.9 Å². The largest absolute Gasteiger partial charge is 0.497 e. The molecule has 0 bridgehead atoms. The van der Waals surface area contributed by atoms with Gasteiger partial charge in [0.25, 0.3) is 0 Å².